The molecule has 0 saturated heterocycles. The fraction of sp³-hybridized carbons (Fsp3) is 0.235. The van der Waals surface area contributed by atoms with Crippen molar-refractivity contribution in [1.29, 1.82) is 0 Å². The van der Waals surface area contributed by atoms with E-state index in [0.717, 1.165) is 6.42 Å². The number of methoxy groups -OCH3 is 1. The van der Waals surface area contributed by atoms with Gasteiger partial charge in [-0.3, -0.25) is 14.6 Å². The van der Waals surface area contributed by atoms with E-state index in [1.165, 1.54) is 6.20 Å². The van der Waals surface area contributed by atoms with Gasteiger partial charge in [0.25, 0.3) is 11.8 Å². The zero-order chi connectivity index (χ0) is 16.5. The second kappa shape index (κ2) is 8.65. The summed E-state index contributed by atoms with van der Waals surface area (Å²) in [5.74, 6) is -0.388. The Balaban J connectivity index is 1.89. The summed E-state index contributed by atoms with van der Waals surface area (Å²) in [6.07, 6.45) is 3.87. The van der Waals surface area contributed by atoms with Crippen LogP contribution in [-0.2, 0) is 4.74 Å². The van der Waals surface area contributed by atoms with Gasteiger partial charge >= 0.3 is 0 Å². The second-order valence-electron chi connectivity index (χ2n) is 4.88. The maximum Gasteiger partial charge on any atom is 0.257 e. The average molecular weight is 313 g/mol. The first kappa shape index (κ1) is 16.6. The van der Waals surface area contributed by atoms with Gasteiger partial charge in [0.05, 0.1) is 5.56 Å². The molecule has 23 heavy (non-hydrogen) atoms. The number of amides is 2. The largest absolute Gasteiger partial charge is 0.385 e. The van der Waals surface area contributed by atoms with Gasteiger partial charge in [0.15, 0.2) is 0 Å². The Morgan fingerprint density at radius 2 is 1.87 bits per heavy atom. The number of aromatic nitrogens is 1. The molecule has 1 aromatic heterocycles. The summed E-state index contributed by atoms with van der Waals surface area (Å²) in [5, 5.41) is 5.56. The second-order valence-corrected chi connectivity index (χ2v) is 4.88. The number of benzene rings is 1. The molecule has 0 aliphatic heterocycles. The van der Waals surface area contributed by atoms with Crippen molar-refractivity contribution in [2.45, 2.75) is 6.42 Å². The highest BCUT2D eigenvalue weighted by atomic mass is 16.5. The van der Waals surface area contributed by atoms with E-state index in [1.54, 1.807) is 49.7 Å². The third-order valence-corrected chi connectivity index (χ3v) is 3.14. The number of hydrogen-bond donors (Lipinski definition) is 2. The fourth-order valence-corrected chi connectivity index (χ4v) is 1.93. The van der Waals surface area contributed by atoms with Gasteiger partial charge < -0.3 is 15.4 Å². The molecule has 6 nitrogen and oxygen atoms in total. The maximum absolute atomic E-state index is 12.0. The van der Waals surface area contributed by atoms with Crippen LogP contribution in [0.3, 0.4) is 0 Å². The topological polar surface area (TPSA) is 80.3 Å². The summed E-state index contributed by atoms with van der Waals surface area (Å²) in [4.78, 5) is 27.8. The molecule has 0 radical (unpaired) electrons. The van der Waals surface area contributed by atoms with Crippen LogP contribution in [0.25, 0.3) is 0 Å². The normalized spacial score (nSPS) is 10.1. The lowest BCUT2D eigenvalue weighted by molar-refractivity contribution is 0.0948. The molecule has 0 bridgehead atoms. The van der Waals surface area contributed by atoms with Crippen LogP contribution in [0.2, 0.25) is 0 Å². The fourth-order valence-electron chi connectivity index (χ4n) is 1.93. The molecule has 0 aliphatic carbocycles. The molecule has 0 saturated carbocycles. The van der Waals surface area contributed by atoms with Gasteiger partial charge in [-0.05, 0) is 42.8 Å². The van der Waals surface area contributed by atoms with Crippen molar-refractivity contribution in [2.24, 2.45) is 0 Å². The molecule has 1 heterocycles. The molecule has 0 fully saturated rings. The van der Waals surface area contributed by atoms with Crippen molar-refractivity contribution < 1.29 is 14.3 Å². The summed E-state index contributed by atoms with van der Waals surface area (Å²) in [6.45, 7) is 1.17. The standard InChI is InChI=1S/C17H19N3O3/c1-23-11-3-10-19-16(21)13-5-7-15(8-6-13)20-17(22)14-4-2-9-18-12-14/h2,4-9,12H,3,10-11H2,1H3,(H,19,21)(H,20,22). The van der Waals surface area contributed by atoms with Gasteiger partial charge in [-0.2, -0.15) is 0 Å². The number of carbonyl (C=O) groups is 2. The molecule has 6 heteroatoms. The van der Waals surface area contributed by atoms with Crippen LogP contribution < -0.4 is 10.6 Å². The molecule has 2 amide bonds. The summed E-state index contributed by atoms with van der Waals surface area (Å²) in [7, 11) is 1.63. The summed E-state index contributed by atoms with van der Waals surface area (Å²) in [6, 6.07) is 10.1. The van der Waals surface area contributed by atoms with E-state index >= 15 is 0 Å². The average Bonchev–Trinajstić information content (AvgIpc) is 2.60. The highest BCUT2D eigenvalue weighted by molar-refractivity contribution is 6.04. The predicted octanol–water partition coefficient (Wildman–Crippen LogP) is 2.10. The van der Waals surface area contributed by atoms with Gasteiger partial charge in [-0.25, -0.2) is 0 Å². The minimum absolute atomic E-state index is 0.147. The highest BCUT2D eigenvalue weighted by Gasteiger charge is 2.07. The third-order valence-electron chi connectivity index (χ3n) is 3.14. The summed E-state index contributed by atoms with van der Waals surface area (Å²) in [5.41, 5.74) is 1.64. The van der Waals surface area contributed by atoms with E-state index in [0.29, 0.717) is 30.0 Å². The van der Waals surface area contributed by atoms with E-state index < -0.39 is 0 Å². The molecule has 0 aliphatic rings. The van der Waals surface area contributed by atoms with Gasteiger partial charge in [0.2, 0.25) is 0 Å². The molecule has 2 N–H and O–H groups in total. The van der Waals surface area contributed by atoms with Crippen LogP contribution in [-0.4, -0.2) is 37.1 Å². The smallest absolute Gasteiger partial charge is 0.257 e. The predicted molar refractivity (Wildman–Crippen MR) is 87.5 cm³/mol. The number of carbonyl (C=O) groups excluding carboxylic acids is 2. The Morgan fingerprint density at radius 3 is 2.52 bits per heavy atom. The molecule has 0 atom stereocenters. The van der Waals surface area contributed by atoms with Crippen molar-refractivity contribution in [3.63, 3.8) is 0 Å². The highest BCUT2D eigenvalue weighted by Crippen LogP contribution is 2.11. The van der Waals surface area contributed by atoms with E-state index in [-0.39, 0.29) is 11.8 Å². The number of nitrogens with zero attached hydrogens (tertiary/aromatic N) is 1. The Kier molecular flexibility index (Phi) is 6.26. The monoisotopic (exact) mass is 313 g/mol. The molecular formula is C17H19N3O3. The number of hydrogen-bond acceptors (Lipinski definition) is 4. The number of anilines is 1. The van der Waals surface area contributed by atoms with Crippen LogP contribution in [0.4, 0.5) is 5.69 Å². The molecule has 1 aromatic carbocycles. The van der Waals surface area contributed by atoms with E-state index in [9.17, 15) is 9.59 Å². The van der Waals surface area contributed by atoms with Crippen molar-refractivity contribution in [3.8, 4) is 0 Å². The van der Waals surface area contributed by atoms with E-state index in [4.69, 9.17) is 4.74 Å². The zero-order valence-corrected chi connectivity index (χ0v) is 12.9. The number of rotatable bonds is 7. The SMILES string of the molecule is COCCCNC(=O)c1ccc(NC(=O)c2cccnc2)cc1. The first-order valence-electron chi connectivity index (χ1n) is 7.29. The van der Waals surface area contributed by atoms with Crippen LogP contribution >= 0.6 is 0 Å². The lowest BCUT2D eigenvalue weighted by atomic mass is 10.2. The Hall–Kier alpha value is -2.73. The van der Waals surface area contributed by atoms with Gasteiger partial charge in [-0.1, -0.05) is 0 Å². The van der Waals surface area contributed by atoms with Crippen molar-refractivity contribution in [1.82, 2.24) is 10.3 Å². The van der Waals surface area contributed by atoms with Crippen LogP contribution in [0.5, 0.6) is 0 Å². The van der Waals surface area contributed by atoms with Gasteiger partial charge in [0.1, 0.15) is 0 Å². The van der Waals surface area contributed by atoms with E-state index in [1.807, 2.05) is 0 Å². The Morgan fingerprint density at radius 1 is 1.09 bits per heavy atom. The lowest BCUT2D eigenvalue weighted by Crippen LogP contribution is -2.25. The molecular weight excluding hydrogens is 294 g/mol. The molecule has 2 rings (SSSR count). The minimum atomic E-state index is -0.241. The number of nitrogens with one attached hydrogen (secondary N) is 2. The Bertz CT molecular complexity index is 642. The van der Waals surface area contributed by atoms with Crippen LogP contribution in [0.1, 0.15) is 27.1 Å². The van der Waals surface area contributed by atoms with Crippen LogP contribution in [0.15, 0.2) is 48.8 Å². The number of ether oxygens (including phenoxy) is 1. The van der Waals surface area contributed by atoms with Crippen LogP contribution in [0, 0.1) is 0 Å². The van der Waals surface area contributed by atoms with Crippen molar-refractivity contribution >= 4 is 17.5 Å². The number of pyridine rings is 1. The molecule has 120 valence electrons. The summed E-state index contributed by atoms with van der Waals surface area (Å²) < 4.78 is 4.92. The first-order chi connectivity index (χ1) is 11.2. The first-order valence-corrected chi connectivity index (χ1v) is 7.29. The third kappa shape index (κ3) is 5.19. The van der Waals surface area contributed by atoms with Gasteiger partial charge in [-0.15, -0.1) is 0 Å². The van der Waals surface area contributed by atoms with Crippen molar-refractivity contribution in [2.75, 3.05) is 25.6 Å². The Labute approximate surface area is 134 Å². The molecule has 2 aromatic rings. The zero-order valence-electron chi connectivity index (χ0n) is 12.9. The van der Waals surface area contributed by atoms with E-state index in [2.05, 4.69) is 15.6 Å². The quantitative estimate of drug-likeness (QED) is 0.767. The maximum atomic E-state index is 12.0. The lowest BCUT2D eigenvalue weighted by Gasteiger charge is -2.07. The van der Waals surface area contributed by atoms with Gasteiger partial charge in [0, 0.05) is 43.9 Å². The molecule has 0 spiro atoms. The van der Waals surface area contributed by atoms with Crippen molar-refractivity contribution in [3.05, 3.63) is 59.9 Å². The molecule has 0 unspecified atom stereocenters. The minimum Gasteiger partial charge on any atom is -0.385 e. The summed E-state index contributed by atoms with van der Waals surface area (Å²) >= 11 is 0.